The smallest absolute Gasteiger partial charge is 0.162 e. The number of rotatable bonds is 8. The van der Waals surface area contributed by atoms with E-state index in [0.29, 0.717) is 30.9 Å². The molecule has 4 heteroatoms. The van der Waals surface area contributed by atoms with Crippen molar-refractivity contribution in [1.82, 2.24) is 10.2 Å². The SMILES string of the molecule is CCOc1cccc(CNC(CN(C)C)C(C)C)c1O. The second-order valence-electron chi connectivity index (χ2n) is 5.69. The lowest BCUT2D eigenvalue weighted by atomic mass is 10.0. The monoisotopic (exact) mass is 280 g/mol. The molecule has 1 aromatic rings. The van der Waals surface area contributed by atoms with Crippen LogP contribution >= 0.6 is 0 Å². The predicted molar refractivity (Wildman–Crippen MR) is 83.3 cm³/mol. The molecule has 0 aliphatic heterocycles. The maximum Gasteiger partial charge on any atom is 0.162 e. The Kier molecular flexibility index (Phi) is 6.82. The van der Waals surface area contributed by atoms with E-state index in [0.717, 1.165) is 12.1 Å². The summed E-state index contributed by atoms with van der Waals surface area (Å²) in [7, 11) is 4.15. The van der Waals surface area contributed by atoms with E-state index in [9.17, 15) is 5.11 Å². The van der Waals surface area contributed by atoms with Crippen LogP contribution in [0.25, 0.3) is 0 Å². The number of ether oxygens (including phenoxy) is 1. The van der Waals surface area contributed by atoms with Crippen LogP contribution in [0, 0.1) is 5.92 Å². The van der Waals surface area contributed by atoms with E-state index in [-0.39, 0.29) is 5.75 Å². The van der Waals surface area contributed by atoms with Gasteiger partial charge in [-0.3, -0.25) is 0 Å². The van der Waals surface area contributed by atoms with Crippen molar-refractivity contribution in [3.63, 3.8) is 0 Å². The fraction of sp³-hybridized carbons (Fsp3) is 0.625. The van der Waals surface area contributed by atoms with Crippen LogP contribution in [0.4, 0.5) is 0 Å². The fourth-order valence-electron chi connectivity index (χ4n) is 2.13. The second kappa shape index (κ2) is 8.12. The number of hydrogen-bond acceptors (Lipinski definition) is 4. The van der Waals surface area contributed by atoms with E-state index < -0.39 is 0 Å². The summed E-state index contributed by atoms with van der Waals surface area (Å²) in [4.78, 5) is 2.17. The maximum absolute atomic E-state index is 10.2. The van der Waals surface area contributed by atoms with Gasteiger partial charge in [0, 0.05) is 24.7 Å². The molecule has 4 nitrogen and oxygen atoms in total. The maximum atomic E-state index is 10.2. The molecule has 0 fully saturated rings. The van der Waals surface area contributed by atoms with E-state index in [1.165, 1.54) is 0 Å². The van der Waals surface area contributed by atoms with Crippen LogP contribution in [-0.2, 0) is 6.54 Å². The van der Waals surface area contributed by atoms with Gasteiger partial charge >= 0.3 is 0 Å². The fourth-order valence-corrected chi connectivity index (χ4v) is 2.13. The largest absolute Gasteiger partial charge is 0.504 e. The molecule has 0 aromatic heterocycles. The van der Waals surface area contributed by atoms with Gasteiger partial charge in [-0.2, -0.15) is 0 Å². The quantitative estimate of drug-likeness (QED) is 0.768. The molecule has 1 atom stereocenters. The molecule has 0 saturated heterocycles. The minimum Gasteiger partial charge on any atom is -0.504 e. The molecule has 2 N–H and O–H groups in total. The van der Waals surface area contributed by atoms with Crippen LogP contribution in [0.3, 0.4) is 0 Å². The third-order valence-electron chi connectivity index (χ3n) is 3.30. The molecule has 1 unspecified atom stereocenters. The zero-order chi connectivity index (χ0) is 15.1. The van der Waals surface area contributed by atoms with Gasteiger partial charge < -0.3 is 20.1 Å². The van der Waals surface area contributed by atoms with Crippen molar-refractivity contribution in [3.8, 4) is 11.5 Å². The molecule has 1 aromatic carbocycles. The van der Waals surface area contributed by atoms with Crippen molar-refractivity contribution < 1.29 is 9.84 Å². The Labute approximate surface area is 122 Å². The highest BCUT2D eigenvalue weighted by molar-refractivity contribution is 5.45. The van der Waals surface area contributed by atoms with Gasteiger partial charge in [-0.25, -0.2) is 0 Å². The summed E-state index contributed by atoms with van der Waals surface area (Å²) in [5, 5.41) is 13.7. The Bertz CT molecular complexity index is 405. The first-order valence-corrected chi connectivity index (χ1v) is 7.27. The van der Waals surface area contributed by atoms with E-state index in [1.54, 1.807) is 6.07 Å². The number of likely N-dealkylation sites (N-methyl/N-ethyl adjacent to an activating group) is 1. The summed E-state index contributed by atoms with van der Waals surface area (Å²) in [6, 6.07) is 6.03. The van der Waals surface area contributed by atoms with Crippen molar-refractivity contribution >= 4 is 0 Å². The van der Waals surface area contributed by atoms with Crippen LogP contribution in [0.15, 0.2) is 18.2 Å². The molecule has 0 heterocycles. The topological polar surface area (TPSA) is 44.7 Å². The Morgan fingerprint density at radius 2 is 2.00 bits per heavy atom. The number of aromatic hydroxyl groups is 1. The predicted octanol–water partition coefficient (Wildman–Crippen LogP) is 2.47. The highest BCUT2D eigenvalue weighted by Crippen LogP contribution is 2.29. The van der Waals surface area contributed by atoms with Gasteiger partial charge in [-0.15, -0.1) is 0 Å². The van der Waals surface area contributed by atoms with Gasteiger partial charge in [0.1, 0.15) is 0 Å². The molecular weight excluding hydrogens is 252 g/mol. The third-order valence-corrected chi connectivity index (χ3v) is 3.30. The lowest BCUT2D eigenvalue weighted by molar-refractivity contribution is 0.285. The lowest BCUT2D eigenvalue weighted by Crippen LogP contribution is -2.41. The van der Waals surface area contributed by atoms with Crippen molar-refractivity contribution in [1.29, 1.82) is 0 Å². The first-order valence-electron chi connectivity index (χ1n) is 7.27. The number of nitrogens with one attached hydrogen (secondary N) is 1. The molecule has 0 amide bonds. The van der Waals surface area contributed by atoms with E-state index >= 15 is 0 Å². The minimum atomic E-state index is 0.245. The van der Waals surface area contributed by atoms with Crippen LogP contribution in [0.1, 0.15) is 26.3 Å². The summed E-state index contributed by atoms with van der Waals surface area (Å²) in [5.41, 5.74) is 0.875. The molecule has 0 saturated carbocycles. The molecular formula is C16H28N2O2. The van der Waals surface area contributed by atoms with Gasteiger partial charge in [-0.1, -0.05) is 26.0 Å². The molecule has 0 aliphatic carbocycles. The highest BCUT2D eigenvalue weighted by Gasteiger charge is 2.15. The molecule has 1 rings (SSSR count). The van der Waals surface area contributed by atoms with E-state index in [4.69, 9.17) is 4.74 Å². The highest BCUT2D eigenvalue weighted by atomic mass is 16.5. The van der Waals surface area contributed by atoms with Gasteiger partial charge in [-0.05, 0) is 33.0 Å². The van der Waals surface area contributed by atoms with Crippen molar-refractivity contribution in [2.75, 3.05) is 27.2 Å². The minimum absolute atomic E-state index is 0.245. The van der Waals surface area contributed by atoms with E-state index in [2.05, 4.69) is 38.2 Å². The summed E-state index contributed by atoms with van der Waals surface area (Å²) in [6.45, 7) is 8.50. The number of para-hydroxylation sites is 1. The number of phenolic OH excluding ortho intramolecular Hbond substituents is 1. The zero-order valence-corrected chi connectivity index (χ0v) is 13.3. The zero-order valence-electron chi connectivity index (χ0n) is 13.3. The summed E-state index contributed by atoms with van der Waals surface area (Å²) in [6.07, 6.45) is 0. The van der Waals surface area contributed by atoms with Crippen molar-refractivity contribution in [3.05, 3.63) is 23.8 Å². The summed E-state index contributed by atoms with van der Waals surface area (Å²) < 4.78 is 5.41. The first-order chi connectivity index (χ1) is 9.45. The molecule has 0 aliphatic rings. The molecule has 0 radical (unpaired) electrons. The third kappa shape index (κ3) is 5.02. The average molecular weight is 280 g/mol. The van der Waals surface area contributed by atoms with Gasteiger partial charge in [0.15, 0.2) is 11.5 Å². The van der Waals surface area contributed by atoms with Gasteiger partial charge in [0.25, 0.3) is 0 Å². The normalized spacial score (nSPS) is 12.9. The standard InChI is InChI=1S/C16H28N2O2/c1-6-20-15-9-7-8-13(16(15)19)10-17-14(12(2)3)11-18(4)5/h7-9,12,14,17,19H,6,10-11H2,1-5H3. The lowest BCUT2D eigenvalue weighted by Gasteiger charge is -2.26. The first kappa shape index (κ1) is 16.8. The van der Waals surface area contributed by atoms with Crippen molar-refractivity contribution in [2.45, 2.75) is 33.4 Å². The van der Waals surface area contributed by atoms with Crippen LogP contribution in [0.2, 0.25) is 0 Å². The summed E-state index contributed by atoms with van der Waals surface area (Å²) >= 11 is 0. The van der Waals surface area contributed by atoms with E-state index in [1.807, 2.05) is 19.1 Å². The number of phenols is 1. The molecule has 0 spiro atoms. The Morgan fingerprint density at radius 3 is 2.55 bits per heavy atom. The van der Waals surface area contributed by atoms with Crippen LogP contribution < -0.4 is 10.1 Å². The number of nitrogens with zero attached hydrogens (tertiary/aromatic N) is 1. The molecule has 0 bridgehead atoms. The summed E-state index contributed by atoms with van der Waals surface area (Å²) in [5.74, 6) is 1.34. The van der Waals surface area contributed by atoms with Crippen LogP contribution in [-0.4, -0.2) is 43.3 Å². The Hall–Kier alpha value is -1.26. The Morgan fingerprint density at radius 1 is 1.30 bits per heavy atom. The number of hydrogen-bond donors (Lipinski definition) is 2. The average Bonchev–Trinajstić information content (AvgIpc) is 2.37. The Balaban J connectivity index is 2.70. The molecule has 20 heavy (non-hydrogen) atoms. The molecule has 114 valence electrons. The van der Waals surface area contributed by atoms with Crippen molar-refractivity contribution in [2.24, 2.45) is 5.92 Å². The van der Waals surface area contributed by atoms with Crippen LogP contribution in [0.5, 0.6) is 11.5 Å². The number of benzene rings is 1. The van der Waals surface area contributed by atoms with Gasteiger partial charge in [0.2, 0.25) is 0 Å². The second-order valence-corrected chi connectivity index (χ2v) is 5.69. The van der Waals surface area contributed by atoms with Gasteiger partial charge in [0.05, 0.1) is 6.61 Å².